The van der Waals surface area contributed by atoms with Crippen LogP contribution in [-0.2, 0) is 0 Å². The second-order valence-corrected chi connectivity index (χ2v) is 5.87. The fourth-order valence-corrected chi connectivity index (χ4v) is 2.92. The average Bonchev–Trinajstić information content (AvgIpc) is 2.91. The molecule has 1 aliphatic carbocycles. The van der Waals surface area contributed by atoms with E-state index in [0.717, 1.165) is 5.95 Å². The summed E-state index contributed by atoms with van der Waals surface area (Å²) in [5.41, 5.74) is 3.83. The molecule has 3 rings (SSSR count). The summed E-state index contributed by atoms with van der Waals surface area (Å²) in [7, 11) is 0. The van der Waals surface area contributed by atoms with Crippen LogP contribution < -0.4 is 5.32 Å². The van der Waals surface area contributed by atoms with E-state index in [0.29, 0.717) is 6.04 Å². The quantitative estimate of drug-likeness (QED) is 0.903. The maximum atomic E-state index is 4.49. The second-order valence-electron chi connectivity index (χ2n) is 5.87. The molecule has 0 amide bonds. The van der Waals surface area contributed by atoms with Crippen LogP contribution >= 0.6 is 0 Å². The van der Waals surface area contributed by atoms with Gasteiger partial charge in [-0.25, -0.2) is 4.98 Å². The van der Waals surface area contributed by atoms with Crippen molar-refractivity contribution in [3.63, 3.8) is 0 Å². The summed E-state index contributed by atoms with van der Waals surface area (Å²) in [6.45, 7) is 4.30. The van der Waals surface area contributed by atoms with Crippen molar-refractivity contribution < 1.29 is 0 Å². The fraction of sp³-hybridized carbons (Fsp3) is 0.471. The zero-order valence-electron chi connectivity index (χ0n) is 12.4. The number of hydrogen-bond acceptors (Lipinski definition) is 2. The number of hydrogen-bond donors (Lipinski definition) is 1. The summed E-state index contributed by atoms with van der Waals surface area (Å²) in [6, 6.07) is 7.14. The molecule has 20 heavy (non-hydrogen) atoms. The van der Waals surface area contributed by atoms with Crippen molar-refractivity contribution in [2.45, 2.75) is 52.0 Å². The van der Waals surface area contributed by atoms with Crippen LogP contribution in [0.15, 0.2) is 30.6 Å². The SMILES string of the molecule is Cc1ccc(-n2ccnc2NC2CCCCC2)cc1C. The van der Waals surface area contributed by atoms with E-state index >= 15 is 0 Å². The molecule has 0 unspecified atom stereocenters. The highest BCUT2D eigenvalue weighted by Gasteiger charge is 2.15. The molecular weight excluding hydrogens is 246 g/mol. The van der Waals surface area contributed by atoms with Gasteiger partial charge in [-0.05, 0) is 49.9 Å². The van der Waals surface area contributed by atoms with Gasteiger partial charge in [0.1, 0.15) is 0 Å². The number of rotatable bonds is 3. The van der Waals surface area contributed by atoms with E-state index in [9.17, 15) is 0 Å². The second kappa shape index (κ2) is 5.70. The van der Waals surface area contributed by atoms with Crippen LogP contribution in [0.5, 0.6) is 0 Å². The Balaban J connectivity index is 1.83. The molecule has 0 atom stereocenters. The number of aromatic nitrogens is 2. The van der Waals surface area contributed by atoms with Crippen molar-refractivity contribution in [2.75, 3.05) is 5.32 Å². The van der Waals surface area contributed by atoms with Crippen molar-refractivity contribution in [3.8, 4) is 5.69 Å². The maximum absolute atomic E-state index is 4.49. The molecule has 0 saturated heterocycles. The standard InChI is InChI=1S/C17H23N3/c1-13-8-9-16(12-14(13)2)20-11-10-18-17(20)19-15-6-4-3-5-7-15/h8-12,15H,3-7H2,1-2H3,(H,18,19). The summed E-state index contributed by atoms with van der Waals surface area (Å²) in [5.74, 6) is 0.972. The van der Waals surface area contributed by atoms with Gasteiger partial charge < -0.3 is 5.32 Å². The number of nitrogens with zero attached hydrogens (tertiary/aromatic N) is 2. The third kappa shape index (κ3) is 2.72. The van der Waals surface area contributed by atoms with Gasteiger partial charge in [0.2, 0.25) is 5.95 Å². The summed E-state index contributed by atoms with van der Waals surface area (Å²) in [6.07, 6.45) is 10.5. The average molecular weight is 269 g/mol. The minimum absolute atomic E-state index is 0.580. The topological polar surface area (TPSA) is 29.9 Å². The molecule has 1 aromatic carbocycles. The van der Waals surface area contributed by atoms with Gasteiger partial charge in [0.05, 0.1) is 0 Å². The fourth-order valence-electron chi connectivity index (χ4n) is 2.92. The first-order valence-electron chi connectivity index (χ1n) is 7.61. The normalized spacial score (nSPS) is 16.3. The van der Waals surface area contributed by atoms with Gasteiger partial charge in [-0.3, -0.25) is 4.57 Å². The Bertz CT molecular complexity index is 580. The predicted molar refractivity (Wildman–Crippen MR) is 83.5 cm³/mol. The zero-order chi connectivity index (χ0) is 13.9. The molecule has 1 fully saturated rings. The first-order chi connectivity index (χ1) is 9.74. The molecule has 0 radical (unpaired) electrons. The lowest BCUT2D eigenvalue weighted by Gasteiger charge is -2.23. The highest BCUT2D eigenvalue weighted by atomic mass is 15.2. The number of anilines is 1. The Hall–Kier alpha value is -1.77. The predicted octanol–water partition coefficient (Wildman–Crippen LogP) is 4.23. The highest BCUT2D eigenvalue weighted by Crippen LogP contribution is 2.23. The number of benzene rings is 1. The van der Waals surface area contributed by atoms with Gasteiger partial charge in [0.25, 0.3) is 0 Å². The lowest BCUT2D eigenvalue weighted by molar-refractivity contribution is 0.460. The van der Waals surface area contributed by atoms with Crippen molar-refractivity contribution in [1.82, 2.24) is 9.55 Å². The Morgan fingerprint density at radius 2 is 1.90 bits per heavy atom. The van der Waals surface area contributed by atoms with Gasteiger partial charge in [-0.1, -0.05) is 25.3 Å². The van der Waals surface area contributed by atoms with E-state index < -0.39 is 0 Å². The van der Waals surface area contributed by atoms with Crippen LogP contribution in [0, 0.1) is 13.8 Å². The van der Waals surface area contributed by atoms with Crippen LogP contribution in [0.25, 0.3) is 5.69 Å². The number of nitrogens with one attached hydrogen (secondary N) is 1. The molecule has 1 heterocycles. The van der Waals surface area contributed by atoms with E-state index in [1.165, 1.54) is 48.9 Å². The molecule has 0 bridgehead atoms. The van der Waals surface area contributed by atoms with Crippen LogP contribution in [0.1, 0.15) is 43.2 Å². The van der Waals surface area contributed by atoms with Gasteiger partial charge in [0.15, 0.2) is 0 Å². The molecule has 3 heteroatoms. The molecule has 1 aliphatic rings. The first-order valence-corrected chi connectivity index (χ1v) is 7.61. The minimum Gasteiger partial charge on any atom is -0.353 e. The Labute approximate surface area is 121 Å². The Morgan fingerprint density at radius 3 is 2.65 bits per heavy atom. The molecule has 1 N–H and O–H groups in total. The molecular formula is C17H23N3. The molecule has 1 aromatic heterocycles. The molecule has 1 saturated carbocycles. The molecule has 0 aliphatic heterocycles. The van der Waals surface area contributed by atoms with E-state index in [1.807, 2.05) is 12.4 Å². The molecule has 2 aromatic rings. The van der Waals surface area contributed by atoms with E-state index in [2.05, 4.69) is 46.9 Å². The zero-order valence-corrected chi connectivity index (χ0v) is 12.4. The first kappa shape index (κ1) is 13.2. The van der Waals surface area contributed by atoms with E-state index in [4.69, 9.17) is 0 Å². The van der Waals surface area contributed by atoms with Gasteiger partial charge in [-0.2, -0.15) is 0 Å². The van der Waals surface area contributed by atoms with Gasteiger partial charge in [-0.15, -0.1) is 0 Å². The van der Waals surface area contributed by atoms with E-state index in [-0.39, 0.29) is 0 Å². The van der Waals surface area contributed by atoms with Crippen LogP contribution in [0.3, 0.4) is 0 Å². The summed E-state index contributed by atoms with van der Waals surface area (Å²) in [5, 5.41) is 3.61. The van der Waals surface area contributed by atoms with Crippen molar-refractivity contribution >= 4 is 5.95 Å². The largest absolute Gasteiger partial charge is 0.353 e. The smallest absolute Gasteiger partial charge is 0.207 e. The number of imidazole rings is 1. The summed E-state index contributed by atoms with van der Waals surface area (Å²) < 4.78 is 2.15. The third-order valence-corrected chi connectivity index (χ3v) is 4.35. The van der Waals surface area contributed by atoms with Crippen LogP contribution in [0.4, 0.5) is 5.95 Å². The highest BCUT2D eigenvalue weighted by molar-refractivity contribution is 5.45. The van der Waals surface area contributed by atoms with Gasteiger partial charge in [0, 0.05) is 24.1 Å². The maximum Gasteiger partial charge on any atom is 0.207 e. The molecule has 106 valence electrons. The van der Waals surface area contributed by atoms with Crippen molar-refractivity contribution in [1.29, 1.82) is 0 Å². The van der Waals surface area contributed by atoms with Crippen LogP contribution in [0.2, 0.25) is 0 Å². The molecule has 3 nitrogen and oxygen atoms in total. The van der Waals surface area contributed by atoms with Gasteiger partial charge >= 0.3 is 0 Å². The van der Waals surface area contributed by atoms with Crippen LogP contribution in [-0.4, -0.2) is 15.6 Å². The lowest BCUT2D eigenvalue weighted by atomic mass is 9.96. The summed E-state index contributed by atoms with van der Waals surface area (Å²) >= 11 is 0. The third-order valence-electron chi connectivity index (χ3n) is 4.35. The number of aryl methyl sites for hydroxylation is 2. The van der Waals surface area contributed by atoms with Crippen molar-refractivity contribution in [3.05, 3.63) is 41.7 Å². The Morgan fingerprint density at radius 1 is 1.10 bits per heavy atom. The monoisotopic (exact) mass is 269 g/mol. The Kier molecular flexibility index (Phi) is 3.77. The molecule has 0 spiro atoms. The summed E-state index contributed by atoms with van der Waals surface area (Å²) in [4.78, 5) is 4.49. The van der Waals surface area contributed by atoms with E-state index in [1.54, 1.807) is 0 Å². The van der Waals surface area contributed by atoms with Crippen molar-refractivity contribution in [2.24, 2.45) is 0 Å². The minimum atomic E-state index is 0.580. The lowest BCUT2D eigenvalue weighted by Crippen LogP contribution is -2.24.